The van der Waals surface area contributed by atoms with Crippen molar-refractivity contribution in [1.29, 1.82) is 0 Å². The average molecular weight is 445 g/mol. The largest absolute Gasteiger partial charge is 0.497 e. The average Bonchev–Trinajstić information content (AvgIpc) is 3.19. The number of ether oxygens (including phenoxy) is 1. The van der Waals surface area contributed by atoms with Crippen molar-refractivity contribution in [3.8, 4) is 11.4 Å². The number of methoxy groups -OCH3 is 1. The summed E-state index contributed by atoms with van der Waals surface area (Å²) >= 11 is 0. The molecular weight excluding hydrogens is 416 g/mol. The van der Waals surface area contributed by atoms with E-state index < -0.39 is 0 Å². The Labute approximate surface area is 192 Å². The van der Waals surface area contributed by atoms with Gasteiger partial charge >= 0.3 is 0 Å². The van der Waals surface area contributed by atoms with E-state index in [0.29, 0.717) is 18.5 Å². The van der Waals surface area contributed by atoms with Gasteiger partial charge in [0.05, 0.1) is 18.5 Å². The summed E-state index contributed by atoms with van der Waals surface area (Å²) in [4.78, 5) is 25.7. The van der Waals surface area contributed by atoms with Crippen LogP contribution in [0.25, 0.3) is 16.7 Å². The van der Waals surface area contributed by atoms with Crippen LogP contribution in [0.5, 0.6) is 5.75 Å². The molecule has 4 aromatic rings. The van der Waals surface area contributed by atoms with Gasteiger partial charge < -0.3 is 10.1 Å². The van der Waals surface area contributed by atoms with E-state index in [4.69, 9.17) is 9.84 Å². The lowest BCUT2D eigenvalue weighted by Crippen LogP contribution is -2.27. The van der Waals surface area contributed by atoms with Crippen LogP contribution >= 0.6 is 0 Å². The van der Waals surface area contributed by atoms with Crippen molar-refractivity contribution in [2.45, 2.75) is 33.2 Å². The number of carbonyl (C=O) groups is 1. The van der Waals surface area contributed by atoms with Crippen LogP contribution in [0.2, 0.25) is 0 Å². The number of rotatable bonds is 7. The molecule has 1 N–H and O–H groups in total. The first kappa shape index (κ1) is 22.3. The maximum Gasteiger partial charge on any atom is 0.255 e. The third-order valence-corrected chi connectivity index (χ3v) is 5.97. The van der Waals surface area contributed by atoms with Crippen LogP contribution in [-0.4, -0.2) is 27.4 Å². The molecule has 7 nitrogen and oxygen atoms in total. The fraction of sp³-hybridized carbons (Fsp3) is 0.269. The topological polar surface area (TPSA) is 78.2 Å². The van der Waals surface area contributed by atoms with Crippen LogP contribution in [0.3, 0.4) is 0 Å². The summed E-state index contributed by atoms with van der Waals surface area (Å²) in [5.41, 5.74) is 4.90. The van der Waals surface area contributed by atoms with Crippen molar-refractivity contribution in [2.75, 3.05) is 7.11 Å². The van der Waals surface area contributed by atoms with Gasteiger partial charge in [0.2, 0.25) is 5.91 Å². The van der Waals surface area contributed by atoms with Gasteiger partial charge in [-0.25, -0.2) is 4.68 Å². The summed E-state index contributed by atoms with van der Waals surface area (Å²) < 4.78 is 8.67. The summed E-state index contributed by atoms with van der Waals surface area (Å²) in [6.45, 7) is 4.30. The number of carbonyl (C=O) groups excluding carboxylic acids is 1. The Hall–Kier alpha value is -3.87. The first-order valence-electron chi connectivity index (χ1n) is 10.9. The van der Waals surface area contributed by atoms with E-state index >= 15 is 0 Å². The van der Waals surface area contributed by atoms with Crippen LogP contribution in [-0.2, 0) is 24.8 Å². The van der Waals surface area contributed by atoms with Gasteiger partial charge in [0.1, 0.15) is 11.4 Å². The molecule has 0 saturated heterocycles. The summed E-state index contributed by atoms with van der Waals surface area (Å²) in [5, 5.41) is 8.58. The smallest absolute Gasteiger partial charge is 0.255 e. The van der Waals surface area contributed by atoms with Crippen LogP contribution in [0.4, 0.5) is 0 Å². The van der Waals surface area contributed by atoms with Crippen molar-refractivity contribution in [2.24, 2.45) is 7.05 Å². The molecule has 2 aromatic carbocycles. The van der Waals surface area contributed by atoms with Gasteiger partial charge in [-0.05, 0) is 55.7 Å². The molecule has 2 heterocycles. The van der Waals surface area contributed by atoms with Crippen LogP contribution < -0.4 is 15.6 Å². The van der Waals surface area contributed by atoms with E-state index in [9.17, 15) is 9.59 Å². The molecular formula is C26H28N4O3. The van der Waals surface area contributed by atoms with Gasteiger partial charge in [0.25, 0.3) is 5.56 Å². The Balaban J connectivity index is 1.57. The molecule has 33 heavy (non-hydrogen) atoms. The number of nitrogens with one attached hydrogen (secondary N) is 1. The number of nitrogens with zero attached hydrogens (tertiary/aromatic N) is 3. The maximum atomic E-state index is 13.2. The minimum atomic E-state index is -0.101. The Bertz CT molecular complexity index is 1370. The second-order valence-corrected chi connectivity index (χ2v) is 8.13. The highest BCUT2D eigenvalue weighted by atomic mass is 16.5. The van der Waals surface area contributed by atoms with E-state index in [-0.39, 0.29) is 17.9 Å². The van der Waals surface area contributed by atoms with Gasteiger partial charge in [0.15, 0.2) is 0 Å². The summed E-state index contributed by atoms with van der Waals surface area (Å²) in [6, 6.07) is 17.3. The number of amides is 1. The monoisotopic (exact) mass is 444 g/mol. The zero-order valence-corrected chi connectivity index (χ0v) is 19.4. The summed E-state index contributed by atoms with van der Waals surface area (Å²) in [6.07, 6.45) is 0.603. The fourth-order valence-electron chi connectivity index (χ4n) is 4.23. The minimum Gasteiger partial charge on any atom is -0.497 e. The predicted molar refractivity (Wildman–Crippen MR) is 129 cm³/mol. The Morgan fingerprint density at radius 1 is 1.09 bits per heavy atom. The Kier molecular flexibility index (Phi) is 6.31. The van der Waals surface area contributed by atoms with E-state index in [2.05, 4.69) is 5.32 Å². The highest BCUT2D eigenvalue weighted by Crippen LogP contribution is 2.25. The number of para-hydroxylation sites is 1. The maximum absolute atomic E-state index is 13.2. The molecule has 1 amide bonds. The second-order valence-electron chi connectivity index (χ2n) is 8.13. The number of hydrogen-bond donors (Lipinski definition) is 1. The van der Waals surface area contributed by atoms with Crippen LogP contribution in [0.15, 0.2) is 59.4 Å². The SMILES string of the molecule is COc1cccc(CNC(=O)CCc2c(C)c3c(C)nn(-c4ccccc4)c3n(C)c2=O)c1. The lowest BCUT2D eigenvalue weighted by Gasteiger charge is -2.13. The standard InChI is InChI=1S/C26H28N4O3/c1-17-22(13-14-23(31)27-16-19-9-8-12-21(15-19)33-4)26(32)29(3)25-24(17)18(2)28-30(25)20-10-6-5-7-11-20/h5-12,15H,13-14,16H2,1-4H3,(H,27,31). The van der Waals surface area contributed by atoms with Crippen molar-refractivity contribution in [1.82, 2.24) is 19.7 Å². The van der Waals surface area contributed by atoms with Crippen LogP contribution in [0.1, 0.15) is 28.8 Å². The van der Waals surface area contributed by atoms with Gasteiger partial charge in [-0.15, -0.1) is 0 Å². The molecule has 0 unspecified atom stereocenters. The first-order chi connectivity index (χ1) is 15.9. The number of benzene rings is 2. The number of hydrogen-bond acceptors (Lipinski definition) is 4. The molecule has 4 rings (SSSR count). The number of fused-ring (bicyclic) bond motifs is 1. The third-order valence-electron chi connectivity index (χ3n) is 5.97. The number of pyridine rings is 1. The molecule has 0 saturated carbocycles. The molecule has 0 aliphatic rings. The zero-order chi connectivity index (χ0) is 23.5. The van der Waals surface area contributed by atoms with Gasteiger partial charge in [0, 0.05) is 31.0 Å². The molecule has 0 fully saturated rings. The Morgan fingerprint density at radius 2 is 1.85 bits per heavy atom. The molecule has 0 bridgehead atoms. The van der Waals surface area contributed by atoms with Crippen LogP contribution in [0, 0.1) is 13.8 Å². The molecule has 170 valence electrons. The number of aryl methyl sites for hydroxylation is 3. The predicted octanol–water partition coefficient (Wildman–Crippen LogP) is 3.60. The Morgan fingerprint density at radius 3 is 2.58 bits per heavy atom. The second kappa shape index (κ2) is 9.32. The lowest BCUT2D eigenvalue weighted by atomic mass is 10.0. The molecule has 0 radical (unpaired) electrons. The number of aromatic nitrogens is 3. The zero-order valence-electron chi connectivity index (χ0n) is 19.4. The summed E-state index contributed by atoms with van der Waals surface area (Å²) in [7, 11) is 3.37. The highest BCUT2D eigenvalue weighted by Gasteiger charge is 2.20. The van der Waals surface area contributed by atoms with Crippen molar-refractivity contribution < 1.29 is 9.53 Å². The fourth-order valence-corrected chi connectivity index (χ4v) is 4.23. The van der Waals surface area contributed by atoms with Gasteiger partial charge in [-0.3, -0.25) is 14.2 Å². The van der Waals surface area contributed by atoms with E-state index in [1.807, 2.05) is 73.1 Å². The van der Waals surface area contributed by atoms with Crippen molar-refractivity contribution in [3.63, 3.8) is 0 Å². The van der Waals surface area contributed by atoms with Gasteiger partial charge in [-0.2, -0.15) is 5.10 Å². The quantitative estimate of drug-likeness (QED) is 0.473. The highest BCUT2D eigenvalue weighted by molar-refractivity contribution is 5.85. The normalized spacial score (nSPS) is 11.0. The molecule has 0 aliphatic carbocycles. The third kappa shape index (κ3) is 4.39. The summed E-state index contributed by atoms with van der Waals surface area (Å²) in [5.74, 6) is 0.650. The first-order valence-corrected chi connectivity index (χ1v) is 10.9. The van der Waals surface area contributed by atoms with Crippen molar-refractivity contribution in [3.05, 3.63) is 87.3 Å². The van der Waals surface area contributed by atoms with Crippen molar-refractivity contribution >= 4 is 16.9 Å². The van der Waals surface area contributed by atoms with E-state index in [1.54, 1.807) is 18.7 Å². The molecule has 0 aliphatic heterocycles. The van der Waals surface area contributed by atoms with E-state index in [0.717, 1.165) is 39.3 Å². The molecule has 2 aromatic heterocycles. The molecule has 0 atom stereocenters. The lowest BCUT2D eigenvalue weighted by molar-refractivity contribution is -0.121. The molecule has 0 spiro atoms. The molecule has 7 heteroatoms. The minimum absolute atomic E-state index is 0.0994. The van der Waals surface area contributed by atoms with Gasteiger partial charge in [-0.1, -0.05) is 30.3 Å². The van der Waals surface area contributed by atoms with E-state index in [1.165, 1.54) is 0 Å².